The highest BCUT2D eigenvalue weighted by Gasteiger charge is 2.34. The summed E-state index contributed by atoms with van der Waals surface area (Å²) in [6.07, 6.45) is -1.02. The number of hydrogen-bond acceptors (Lipinski definition) is 4. The highest BCUT2D eigenvalue weighted by atomic mass is 19.1. The van der Waals surface area contributed by atoms with Crippen molar-refractivity contribution < 1.29 is 9.50 Å². The van der Waals surface area contributed by atoms with Crippen molar-refractivity contribution >= 4 is 11.0 Å². The summed E-state index contributed by atoms with van der Waals surface area (Å²) in [5, 5.41) is 11.2. The summed E-state index contributed by atoms with van der Waals surface area (Å²) >= 11 is 0. The van der Waals surface area contributed by atoms with Crippen LogP contribution >= 0.6 is 0 Å². The van der Waals surface area contributed by atoms with E-state index in [4.69, 9.17) is 0 Å². The average molecular weight is 389 g/mol. The predicted molar refractivity (Wildman–Crippen MR) is 107 cm³/mol. The van der Waals surface area contributed by atoms with Crippen LogP contribution in [0.25, 0.3) is 33.4 Å². The fourth-order valence-electron chi connectivity index (χ4n) is 4.12. The van der Waals surface area contributed by atoms with Crippen molar-refractivity contribution in [3.8, 4) is 22.4 Å². The van der Waals surface area contributed by atoms with Gasteiger partial charge in [0.2, 0.25) is 0 Å². The molecule has 0 saturated carbocycles. The van der Waals surface area contributed by atoms with Crippen LogP contribution in [0.3, 0.4) is 0 Å². The van der Waals surface area contributed by atoms with Crippen LogP contribution in [-0.2, 0) is 14.1 Å². The van der Waals surface area contributed by atoms with E-state index in [-0.39, 0.29) is 11.0 Å². The van der Waals surface area contributed by atoms with Gasteiger partial charge in [0.05, 0.1) is 11.1 Å². The van der Waals surface area contributed by atoms with Crippen LogP contribution in [0, 0.1) is 5.82 Å². The van der Waals surface area contributed by atoms with E-state index in [0.29, 0.717) is 27.9 Å². The lowest BCUT2D eigenvalue weighted by Crippen LogP contribution is -2.37. The lowest BCUT2D eigenvalue weighted by Gasteiger charge is -2.17. The van der Waals surface area contributed by atoms with E-state index in [1.54, 1.807) is 18.2 Å². The monoisotopic (exact) mass is 389 g/mol. The van der Waals surface area contributed by atoms with Crippen LogP contribution in [0.4, 0.5) is 4.39 Å². The van der Waals surface area contributed by atoms with Gasteiger partial charge in [-0.2, -0.15) is 0 Å². The molecule has 0 amide bonds. The molecule has 6 nitrogen and oxygen atoms in total. The Morgan fingerprint density at radius 3 is 2.55 bits per heavy atom. The topological polar surface area (TPSA) is 77.1 Å². The number of aryl methyl sites for hydroxylation is 1. The fourth-order valence-corrected chi connectivity index (χ4v) is 4.12. The minimum Gasteiger partial charge on any atom is -0.384 e. The van der Waals surface area contributed by atoms with Crippen molar-refractivity contribution in [2.24, 2.45) is 14.1 Å². The Morgan fingerprint density at radius 1 is 1.03 bits per heavy atom. The van der Waals surface area contributed by atoms with Crippen LogP contribution < -0.4 is 11.2 Å². The molecule has 0 unspecified atom stereocenters. The summed E-state index contributed by atoms with van der Waals surface area (Å²) in [5.41, 5.74) is 2.30. The molecule has 0 bridgehead atoms. The molecule has 2 aromatic carbocycles. The lowest BCUT2D eigenvalue weighted by atomic mass is 9.94. The molecule has 0 fully saturated rings. The molecule has 1 atom stereocenters. The number of pyridine rings is 1. The molecule has 0 spiro atoms. The largest absolute Gasteiger partial charge is 0.384 e. The van der Waals surface area contributed by atoms with E-state index in [1.165, 1.54) is 30.8 Å². The first kappa shape index (κ1) is 17.5. The maximum absolute atomic E-state index is 14.1. The summed E-state index contributed by atoms with van der Waals surface area (Å²) in [5.74, 6) is -0.465. The molecule has 4 aromatic rings. The molecule has 1 N–H and O–H groups in total. The zero-order valence-corrected chi connectivity index (χ0v) is 15.7. The van der Waals surface area contributed by atoms with E-state index >= 15 is 0 Å². The van der Waals surface area contributed by atoms with Crippen molar-refractivity contribution in [1.29, 1.82) is 0 Å². The third kappa shape index (κ3) is 2.28. The number of fused-ring (bicyclic) bond motifs is 4. The zero-order valence-electron chi connectivity index (χ0n) is 15.7. The molecule has 144 valence electrons. The second-order valence-electron chi connectivity index (χ2n) is 7.15. The van der Waals surface area contributed by atoms with E-state index < -0.39 is 23.2 Å². The van der Waals surface area contributed by atoms with Gasteiger partial charge < -0.3 is 5.11 Å². The van der Waals surface area contributed by atoms with Gasteiger partial charge in [-0.05, 0) is 23.3 Å². The second-order valence-corrected chi connectivity index (χ2v) is 7.15. The normalized spacial score (nSPS) is 14.8. The highest BCUT2D eigenvalue weighted by molar-refractivity contribution is 5.99. The summed E-state index contributed by atoms with van der Waals surface area (Å²) in [6, 6.07) is 13.1. The molecular formula is C22H16FN3O3. The number of benzene rings is 2. The first-order valence-electron chi connectivity index (χ1n) is 9.07. The summed E-state index contributed by atoms with van der Waals surface area (Å²) in [6.45, 7) is 0. The number of rotatable bonds is 1. The first-order valence-corrected chi connectivity index (χ1v) is 9.07. The minimum absolute atomic E-state index is 0.172. The summed E-state index contributed by atoms with van der Waals surface area (Å²) in [7, 11) is 2.92. The standard InChI is InChI=1S/C22H16FN3O3/c1-25-20-17(21(28)26(2)22(25)29)15(11-6-5-7-12(23)10-11)16-18(24-20)13-8-3-4-9-14(13)19(16)27/h3-10,19,27H,1-2H3/t19-/m1/s1. The second kappa shape index (κ2) is 5.96. The zero-order chi connectivity index (χ0) is 20.4. The molecule has 1 aliphatic rings. The Hall–Kier alpha value is -3.58. The van der Waals surface area contributed by atoms with Crippen LogP contribution in [0.15, 0.2) is 58.1 Å². The molecule has 0 saturated heterocycles. The molecule has 1 aliphatic carbocycles. The van der Waals surface area contributed by atoms with Gasteiger partial charge in [0.25, 0.3) is 5.56 Å². The van der Waals surface area contributed by atoms with Gasteiger partial charge in [0.15, 0.2) is 5.65 Å². The number of aliphatic hydroxyl groups is 1. The fraction of sp³-hybridized carbons (Fsp3) is 0.136. The maximum atomic E-state index is 14.1. The third-order valence-electron chi connectivity index (χ3n) is 5.52. The van der Waals surface area contributed by atoms with Crippen molar-refractivity contribution in [2.75, 3.05) is 0 Å². The quantitative estimate of drug-likeness (QED) is 0.543. The van der Waals surface area contributed by atoms with Gasteiger partial charge >= 0.3 is 5.69 Å². The van der Waals surface area contributed by atoms with Crippen molar-refractivity contribution in [2.45, 2.75) is 6.10 Å². The Kier molecular flexibility index (Phi) is 3.60. The number of nitrogens with zero attached hydrogens (tertiary/aromatic N) is 3. The van der Waals surface area contributed by atoms with E-state index in [0.717, 1.165) is 10.1 Å². The first-order chi connectivity index (χ1) is 13.9. The van der Waals surface area contributed by atoms with E-state index in [1.807, 2.05) is 18.2 Å². The lowest BCUT2D eigenvalue weighted by molar-refractivity contribution is 0.225. The maximum Gasteiger partial charge on any atom is 0.332 e. The van der Waals surface area contributed by atoms with E-state index in [9.17, 15) is 19.1 Å². The SMILES string of the molecule is Cn1c(=O)c2c(-c3cccc(F)c3)c3c(nc2n(C)c1=O)-c1ccccc1[C@H]3O. The van der Waals surface area contributed by atoms with Crippen molar-refractivity contribution in [1.82, 2.24) is 14.1 Å². The van der Waals surface area contributed by atoms with Crippen LogP contribution in [0.2, 0.25) is 0 Å². The molecule has 7 heteroatoms. The van der Waals surface area contributed by atoms with Crippen molar-refractivity contribution in [3.63, 3.8) is 0 Å². The van der Waals surface area contributed by atoms with Gasteiger partial charge in [-0.1, -0.05) is 36.4 Å². The van der Waals surface area contributed by atoms with Gasteiger partial charge in [-0.15, -0.1) is 0 Å². The number of aromatic nitrogens is 3. The minimum atomic E-state index is -1.02. The molecular weight excluding hydrogens is 373 g/mol. The van der Waals surface area contributed by atoms with Crippen molar-refractivity contribution in [3.05, 3.63) is 86.3 Å². The summed E-state index contributed by atoms with van der Waals surface area (Å²) in [4.78, 5) is 30.2. The Morgan fingerprint density at radius 2 is 1.79 bits per heavy atom. The Labute approximate surface area is 164 Å². The van der Waals surface area contributed by atoms with Crippen LogP contribution in [-0.4, -0.2) is 19.2 Å². The van der Waals surface area contributed by atoms with Gasteiger partial charge in [0.1, 0.15) is 11.9 Å². The Balaban J connectivity index is 2.07. The highest BCUT2D eigenvalue weighted by Crippen LogP contribution is 2.48. The molecule has 0 aliphatic heterocycles. The predicted octanol–water partition coefficient (Wildman–Crippen LogP) is 2.50. The summed E-state index contributed by atoms with van der Waals surface area (Å²) < 4.78 is 16.4. The number of halogens is 1. The molecule has 0 radical (unpaired) electrons. The Bertz CT molecular complexity index is 1450. The van der Waals surface area contributed by atoms with Crippen LogP contribution in [0.5, 0.6) is 0 Å². The third-order valence-corrected chi connectivity index (χ3v) is 5.52. The van der Waals surface area contributed by atoms with Crippen LogP contribution in [0.1, 0.15) is 17.2 Å². The van der Waals surface area contributed by atoms with Gasteiger partial charge in [-0.3, -0.25) is 13.9 Å². The van der Waals surface area contributed by atoms with E-state index in [2.05, 4.69) is 4.98 Å². The smallest absolute Gasteiger partial charge is 0.332 e. The number of hydrogen-bond donors (Lipinski definition) is 1. The van der Waals surface area contributed by atoms with Gasteiger partial charge in [0, 0.05) is 30.8 Å². The molecule has 5 rings (SSSR count). The number of aliphatic hydroxyl groups excluding tert-OH is 1. The molecule has 29 heavy (non-hydrogen) atoms. The average Bonchev–Trinajstić information content (AvgIpc) is 3.01. The van der Waals surface area contributed by atoms with Gasteiger partial charge in [-0.25, -0.2) is 14.2 Å². The molecule has 2 aromatic heterocycles. The molecule has 2 heterocycles.